The Morgan fingerprint density at radius 3 is 1.58 bits per heavy atom. The fraction of sp³-hybridized carbons (Fsp3) is 0.333. The minimum atomic E-state index is -0.0116. The molecular formula is C63H67BN2. The van der Waals surface area contributed by atoms with Crippen molar-refractivity contribution in [2.75, 3.05) is 9.80 Å². The standard InChI is InChI=1S/C63H67BN2/c1-39-30-56-58-57(31-39)66(54-36-49-46(32-40(54)2)62(10,11)38-63(49,12)13)53-26-24-43(41-20-16-14-17-21-41)33-50(53)64(58)51-35-47-48(61(8,9)29-28-60(47,6)7)37-55(51)65(56)52-27-25-44(59(3,4)5)34-45(52)42-22-18-15-19-23-42/h14-27,30-37H,28-29,38H2,1-13H3. The fourth-order valence-electron chi connectivity index (χ4n) is 12.9. The Kier molecular flexibility index (Phi) is 9.31. The highest BCUT2D eigenvalue weighted by molar-refractivity contribution is 7.00. The van der Waals surface area contributed by atoms with E-state index in [9.17, 15) is 0 Å². The Hall–Kier alpha value is -5.80. The Morgan fingerprint density at radius 2 is 0.955 bits per heavy atom. The lowest BCUT2D eigenvalue weighted by molar-refractivity contribution is 0.332. The van der Waals surface area contributed by atoms with Crippen LogP contribution < -0.4 is 26.2 Å². The van der Waals surface area contributed by atoms with Gasteiger partial charge in [-0.3, -0.25) is 0 Å². The van der Waals surface area contributed by atoms with E-state index in [1.54, 1.807) is 0 Å². The molecule has 4 aliphatic rings. The second-order valence-electron chi connectivity index (χ2n) is 24.2. The molecule has 2 aliphatic carbocycles. The fourth-order valence-corrected chi connectivity index (χ4v) is 12.9. The maximum absolute atomic E-state index is 2.69. The number of hydrogen-bond donors (Lipinski definition) is 0. The SMILES string of the molecule is Cc1cc2c3c(c1)N(c1ccc(C(C)(C)C)cc1-c1ccccc1)c1cc4c(cc1B3c1cc(-c3ccccc3)ccc1N2c1cc2c(cc1C)C(C)(C)CC2(C)C)C(C)(C)CCC4(C)C. The number of nitrogens with zero attached hydrogens (tertiary/aromatic N) is 2. The van der Waals surface area contributed by atoms with E-state index in [-0.39, 0.29) is 33.8 Å². The Labute approximate surface area is 396 Å². The highest BCUT2D eigenvalue weighted by Gasteiger charge is 2.48. The third-order valence-corrected chi connectivity index (χ3v) is 16.4. The number of fused-ring (bicyclic) bond motifs is 6. The van der Waals surface area contributed by atoms with Crippen molar-refractivity contribution in [1.82, 2.24) is 0 Å². The molecule has 0 atom stereocenters. The number of anilines is 6. The molecule has 0 saturated carbocycles. The summed E-state index contributed by atoms with van der Waals surface area (Å²) in [6, 6.07) is 52.3. The maximum Gasteiger partial charge on any atom is 0.252 e. The molecule has 0 spiro atoms. The second-order valence-corrected chi connectivity index (χ2v) is 24.2. The normalized spacial score (nSPS) is 18.0. The first kappa shape index (κ1) is 42.8. The van der Waals surface area contributed by atoms with Gasteiger partial charge in [-0.15, -0.1) is 0 Å². The van der Waals surface area contributed by atoms with Crippen molar-refractivity contribution in [2.24, 2.45) is 0 Å². The van der Waals surface area contributed by atoms with Crippen molar-refractivity contribution in [3.63, 3.8) is 0 Å². The average molecular weight is 863 g/mol. The Balaban J connectivity index is 1.28. The van der Waals surface area contributed by atoms with Crippen LogP contribution >= 0.6 is 0 Å². The van der Waals surface area contributed by atoms with Crippen LogP contribution in [0.1, 0.15) is 134 Å². The van der Waals surface area contributed by atoms with E-state index < -0.39 is 0 Å². The van der Waals surface area contributed by atoms with Crippen molar-refractivity contribution in [2.45, 2.75) is 136 Å². The molecule has 0 amide bonds. The summed E-state index contributed by atoms with van der Waals surface area (Å²) in [5.41, 5.74) is 26.9. The molecule has 332 valence electrons. The van der Waals surface area contributed by atoms with Crippen LogP contribution in [-0.2, 0) is 27.1 Å². The zero-order valence-corrected chi connectivity index (χ0v) is 41.8. The van der Waals surface area contributed by atoms with E-state index in [0.29, 0.717) is 0 Å². The molecular weight excluding hydrogens is 796 g/mol. The monoisotopic (exact) mass is 863 g/mol. The highest BCUT2D eigenvalue weighted by Crippen LogP contribution is 2.55. The average Bonchev–Trinajstić information content (AvgIpc) is 3.45. The van der Waals surface area contributed by atoms with E-state index in [1.807, 2.05) is 0 Å². The maximum atomic E-state index is 2.69. The zero-order chi connectivity index (χ0) is 46.5. The van der Waals surface area contributed by atoms with Crippen LogP contribution in [0.2, 0.25) is 0 Å². The summed E-state index contributed by atoms with van der Waals surface area (Å²) in [6.07, 6.45) is 3.47. The van der Waals surface area contributed by atoms with Gasteiger partial charge in [-0.2, -0.15) is 0 Å². The van der Waals surface area contributed by atoms with Crippen LogP contribution in [0.15, 0.2) is 133 Å². The molecule has 0 unspecified atom stereocenters. The van der Waals surface area contributed by atoms with Gasteiger partial charge in [0, 0.05) is 34.0 Å². The predicted octanol–water partition coefficient (Wildman–Crippen LogP) is 15.3. The van der Waals surface area contributed by atoms with Crippen LogP contribution in [0.25, 0.3) is 22.3 Å². The van der Waals surface area contributed by atoms with Crippen LogP contribution in [0, 0.1) is 13.8 Å². The van der Waals surface area contributed by atoms with Gasteiger partial charge < -0.3 is 9.80 Å². The summed E-state index contributed by atoms with van der Waals surface area (Å²) < 4.78 is 0. The molecule has 2 heterocycles. The molecule has 0 aromatic heterocycles. The van der Waals surface area contributed by atoms with Gasteiger partial charge in [-0.25, -0.2) is 0 Å². The minimum Gasteiger partial charge on any atom is -0.311 e. The van der Waals surface area contributed by atoms with E-state index >= 15 is 0 Å². The molecule has 0 radical (unpaired) electrons. The van der Waals surface area contributed by atoms with Crippen molar-refractivity contribution < 1.29 is 0 Å². The van der Waals surface area contributed by atoms with Crippen LogP contribution in [-0.4, -0.2) is 6.71 Å². The van der Waals surface area contributed by atoms with Crippen molar-refractivity contribution >= 4 is 57.2 Å². The zero-order valence-electron chi connectivity index (χ0n) is 41.8. The minimum absolute atomic E-state index is 0.0116. The van der Waals surface area contributed by atoms with Gasteiger partial charge in [0.2, 0.25) is 0 Å². The summed E-state index contributed by atoms with van der Waals surface area (Å²) in [5.74, 6) is 0. The van der Waals surface area contributed by atoms with Gasteiger partial charge in [0.1, 0.15) is 0 Å². The van der Waals surface area contributed by atoms with E-state index in [2.05, 4.69) is 233 Å². The quantitative estimate of drug-likeness (QED) is 0.163. The summed E-state index contributed by atoms with van der Waals surface area (Å²) in [5, 5.41) is 0. The van der Waals surface area contributed by atoms with Gasteiger partial charge >= 0.3 is 0 Å². The number of benzene rings is 7. The molecule has 2 aliphatic heterocycles. The van der Waals surface area contributed by atoms with Gasteiger partial charge in [0.05, 0.1) is 5.69 Å². The lowest BCUT2D eigenvalue weighted by Crippen LogP contribution is -2.62. The summed E-state index contributed by atoms with van der Waals surface area (Å²) in [4.78, 5) is 5.36. The van der Waals surface area contributed by atoms with E-state index in [1.165, 1.54) is 118 Å². The van der Waals surface area contributed by atoms with Crippen molar-refractivity contribution in [3.8, 4) is 22.3 Å². The molecule has 0 bridgehead atoms. The summed E-state index contributed by atoms with van der Waals surface area (Å²) >= 11 is 0. The molecule has 66 heavy (non-hydrogen) atoms. The van der Waals surface area contributed by atoms with E-state index in [4.69, 9.17) is 0 Å². The highest BCUT2D eigenvalue weighted by atomic mass is 15.2. The lowest BCUT2D eigenvalue weighted by atomic mass is 9.33. The molecule has 2 nitrogen and oxygen atoms in total. The summed E-state index contributed by atoms with van der Waals surface area (Å²) in [6.45, 7) is 31.4. The molecule has 0 N–H and O–H groups in total. The Bertz CT molecular complexity index is 3120. The number of hydrogen-bond acceptors (Lipinski definition) is 2. The molecule has 7 aromatic rings. The smallest absolute Gasteiger partial charge is 0.252 e. The van der Waals surface area contributed by atoms with Crippen LogP contribution in [0.3, 0.4) is 0 Å². The second kappa shape index (κ2) is 14.4. The topological polar surface area (TPSA) is 6.48 Å². The largest absolute Gasteiger partial charge is 0.311 e. The van der Waals surface area contributed by atoms with Gasteiger partial charge in [-0.05, 0) is 175 Å². The van der Waals surface area contributed by atoms with Gasteiger partial charge in [-0.1, -0.05) is 167 Å². The van der Waals surface area contributed by atoms with Crippen molar-refractivity contribution in [1.29, 1.82) is 0 Å². The van der Waals surface area contributed by atoms with Crippen LogP contribution in [0.5, 0.6) is 0 Å². The first-order valence-corrected chi connectivity index (χ1v) is 24.6. The van der Waals surface area contributed by atoms with Crippen LogP contribution in [0.4, 0.5) is 34.1 Å². The molecule has 0 saturated heterocycles. The molecule has 0 fully saturated rings. The Morgan fingerprint density at radius 1 is 0.439 bits per heavy atom. The first-order valence-electron chi connectivity index (χ1n) is 24.6. The number of aryl methyl sites for hydroxylation is 2. The summed E-state index contributed by atoms with van der Waals surface area (Å²) in [7, 11) is 0. The molecule has 7 aromatic carbocycles. The van der Waals surface area contributed by atoms with Gasteiger partial charge in [0.25, 0.3) is 6.71 Å². The predicted molar refractivity (Wildman–Crippen MR) is 285 cm³/mol. The molecule has 3 heteroatoms. The molecule has 11 rings (SSSR count). The van der Waals surface area contributed by atoms with E-state index in [0.717, 1.165) is 12.8 Å². The third-order valence-electron chi connectivity index (χ3n) is 16.4. The van der Waals surface area contributed by atoms with Gasteiger partial charge in [0.15, 0.2) is 0 Å². The third kappa shape index (κ3) is 6.50. The lowest BCUT2D eigenvalue weighted by Gasteiger charge is -2.48. The van der Waals surface area contributed by atoms with Crippen molar-refractivity contribution in [3.05, 3.63) is 172 Å². The number of rotatable bonds is 4. The first-order chi connectivity index (χ1) is 31.1.